The summed E-state index contributed by atoms with van der Waals surface area (Å²) >= 11 is 0. The Balaban J connectivity index is 1.18. The molecule has 0 aliphatic heterocycles. The molecule has 0 heterocycles. The van der Waals surface area contributed by atoms with E-state index >= 15 is 0 Å². The number of carboxylic acid groups (broad SMARTS) is 1. The number of aromatic carboxylic acids is 1. The van der Waals surface area contributed by atoms with Crippen LogP contribution in [0.15, 0.2) is 103 Å². The van der Waals surface area contributed by atoms with Crippen molar-refractivity contribution in [3.05, 3.63) is 130 Å². The van der Waals surface area contributed by atoms with E-state index in [0.29, 0.717) is 16.8 Å². The third-order valence-corrected chi connectivity index (χ3v) is 9.01. The Morgan fingerprint density at radius 2 is 1.15 bits per heavy atom. The van der Waals surface area contributed by atoms with Gasteiger partial charge in [0.25, 0.3) is 23.6 Å². The smallest absolute Gasteiger partial charge is 0.339 e. The topological polar surface area (TPSA) is 286 Å². The molecule has 0 unspecified atom stereocenters. The minimum absolute atomic E-state index is 0.0198. The van der Waals surface area contributed by atoms with Crippen LogP contribution in [0, 0.1) is 11.3 Å². The Morgan fingerprint density at radius 3 is 1.68 bits per heavy atom. The van der Waals surface area contributed by atoms with Gasteiger partial charge in [0.05, 0.1) is 43.6 Å². The van der Waals surface area contributed by atoms with Crippen LogP contribution in [0.5, 0.6) is 28.7 Å². The normalized spacial score (nSPS) is 11.2. The van der Waals surface area contributed by atoms with E-state index in [1.54, 1.807) is 25.1 Å². The number of methoxy groups -OCH3 is 2. The third kappa shape index (κ3) is 10.6. The lowest BCUT2D eigenvalue weighted by Gasteiger charge is -2.17. The highest BCUT2D eigenvalue weighted by Crippen LogP contribution is 2.40. The number of hydrogen-bond donors (Lipinski definition) is 9. The van der Waals surface area contributed by atoms with Crippen molar-refractivity contribution in [2.75, 3.05) is 35.5 Å². The predicted octanol–water partition coefficient (Wildman–Crippen LogP) is 5.72. The molecule has 0 aliphatic rings. The Kier molecular flexibility index (Phi) is 14.1. The van der Waals surface area contributed by atoms with Gasteiger partial charge < -0.3 is 56.5 Å². The predicted molar refractivity (Wildman–Crippen MR) is 226 cm³/mol. The van der Waals surface area contributed by atoms with Gasteiger partial charge in [-0.15, -0.1) is 0 Å². The van der Waals surface area contributed by atoms with Crippen molar-refractivity contribution >= 4 is 64.3 Å². The number of ether oxygens (including phenoxy) is 2. The molecule has 316 valence electrons. The molecule has 5 amide bonds. The molecule has 0 spiro atoms. The number of anilines is 4. The monoisotopic (exact) mass is 842 g/mol. The molecule has 9 N–H and O–H groups in total. The van der Waals surface area contributed by atoms with Gasteiger partial charge in [0.15, 0.2) is 23.0 Å². The molecule has 0 radical (unpaired) electrons. The lowest BCUT2D eigenvalue weighted by Crippen LogP contribution is -2.43. The molecule has 0 fully saturated rings. The van der Waals surface area contributed by atoms with E-state index in [0.717, 1.165) is 13.2 Å². The number of rotatable bonds is 15. The molecule has 1 atom stereocenters. The van der Waals surface area contributed by atoms with Gasteiger partial charge in [0, 0.05) is 28.1 Å². The van der Waals surface area contributed by atoms with E-state index in [4.69, 9.17) is 9.47 Å². The zero-order valence-electron chi connectivity index (χ0n) is 33.1. The summed E-state index contributed by atoms with van der Waals surface area (Å²) in [6, 6.07) is 23.1. The summed E-state index contributed by atoms with van der Waals surface area (Å²) in [4.78, 5) is 76.5. The number of hydrogen-bond acceptors (Lipinski definition) is 12. The summed E-state index contributed by atoms with van der Waals surface area (Å²) in [6.45, 7) is 1.62. The van der Waals surface area contributed by atoms with E-state index in [-0.39, 0.29) is 63.3 Å². The van der Waals surface area contributed by atoms with Gasteiger partial charge in [0.2, 0.25) is 5.91 Å². The third-order valence-electron chi connectivity index (χ3n) is 9.01. The van der Waals surface area contributed by atoms with Crippen molar-refractivity contribution in [1.82, 2.24) is 5.32 Å². The standard InChI is InChI=1S/C44H38N6O12/c1-23(22-24-4-14-29(51)15-5-24)39(54)46-27-10-6-26(7-11-27)41(56)50-34(20-21-45)43(58)47-28-12-8-25(9-13-28)40(55)48-32-18-16-30(35(52)37(32)61-2)42(57)49-33-19-17-31(44(59)60)36(53)38(33)62-3/h4-19,22,34,51-53H,20H2,1-3H3,(H,46,54)(H,47,58)(H,48,55)(H,49,57)(H,50,56)(H,59,60)/b23-22+/t34-/m0/s1. The molecule has 0 saturated heterocycles. The number of nitrogens with one attached hydrogen (secondary N) is 5. The fraction of sp³-hybridized carbons (Fsp3) is 0.114. The molecule has 18 nitrogen and oxygen atoms in total. The number of benzene rings is 5. The maximum absolute atomic E-state index is 13.2. The zero-order chi connectivity index (χ0) is 45.1. The van der Waals surface area contributed by atoms with Crippen molar-refractivity contribution in [3.63, 3.8) is 0 Å². The summed E-state index contributed by atoms with van der Waals surface area (Å²) in [5.74, 6) is -6.63. The molecule has 5 aromatic carbocycles. The van der Waals surface area contributed by atoms with Crippen molar-refractivity contribution in [3.8, 4) is 34.8 Å². The van der Waals surface area contributed by atoms with E-state index in [1.807, 2.05) is 6.07 Å². The Labute approximate surface area is 353 Å². The Hall–Kier alpha value is -8.85. The first-order chi connectivity index (χ1) is 29.6. The van der Waals surface area contributed by atoms with Gasteiger partial charge in [-0.25, -0.2) is 4.79 Å². The Morgan fingerprint density at radius 1 is 0.645 bits per heavy atom. The van der Waals surface area contributed by atoms with E-state index in [2.05, 4.69) is 26.6 Å². The number of phenolic OH excluding ortho intramolecular Hbond substituents is 2. The fourth-order valence-corrected chi connectivity index (χ4v) is 5.79. The van der Waals surface area contributed by atoms with Gasteiger partial charge in [-0.2, -0.15) is 5.26 Å². The number of carbonyl (C=O) groups is 6. The summed E-state index contributed by atoms with van der Waals surface area (Å²) in [6.07, 6.45) is 1.27. The van der Waals surface area contributed by atoms with Crippen LogP contribution < -0.4 is 36.1 Å². The van der Waals surface area contributed by atoms with Gasteiger partial charge in [-0.3, -0.25) is 24.0 Å². The van der Waals surface area contributed by atoms with Gasteiger partial charge in [-0.05, 0) is 103 Å². The number of carbonyl (C=O) groups excluding carboxylic acids is 5. The highest BCUT2D eigenvalue weighted by Gasteiger charge is 2.25. The van der Waals surface area contributed by atoms with Crippen LogP contribution in [0.2, 0.25) is 0 Å². The van der Waals surface area contributed by atoms with Gasteiger partial charge in [-0.1, -0.05) is 12.1 Å². The van der Waals surface area contributed by atoms with E-state index in [1.165, 1.54) is 86.0 Å². The maximum atomic E-state index is 13.2. The second-order valence-electron chi connectivity index (χ2n) is 13.2. The van der Waals surface area contributed by atoms with Crippen LogP contribution in [0.1, 0.15) is 60.3 Å². The second kappa shape index (κ2) is 19.7. The lowest BCUT2D eigenvalue weighted by atomic mass is 10.1. The molecule has 5 aromatic rings. The van der Waals surface area contributed by atoms with E-state index in [9.17, 15) is 54.5 Å². The average Bonchev–Trinajstić information content (AvgIpc) is 3.24. The molecule has 0 aromatic heterocycles. The molecule has 18 heteroatoms. The molecular formula is C44H38N6O12. The number of carboxylic acids is 1. The highest BCUT2D eigenvalue weighted by atomic mass is 16.5. The second-order valence-corrected chi connectivity index (χ2v) is 13.2. The number of phenols is 3. The van der Waals surface area contributed by atoms with Gasteiger partial charge in [0.1, 0.15) is 17.4 Å². The summed E-state index contributed by atoms with van der Waals surface area (Å²) in [7, 11) is 2.35. The van der Waals surface area contributed by atoms with Crippen molar-refractivity contribution < 1.29 is 58.7 Å². The summed E-state index contributed by atoms with van der Waals surface area (Å²) in [5, 5.41) is 62.1. The molecule has 62 heavy (non-hydrogen) atoms. The molecule has 0 bridgehead atoms. The Bertz CT molecular complexity index is 2620. The quantitative estimate of drug-likeness (QED) is 0.0571. The highest BCUT2D eigenvalue weighted by molar-refractivity contribution is 6.11. The molecule has 5 rings (SSSR count). The molecular weight excluding hydrogens is 805 g/mol. The number of amides is 5. The van der Waals surface area contributed by atoms with Crippen molar-refractivity contribution in [1.29, 1.82) is 5.26 Å². The zero-order valence-corrected chi connectivity index (χ0v) is 33.1. The van der Waals surface area contributed by atoms with Crippen LogP contribution in [0.3, 0.4) is 0 Å². The number of nitriles is 1. The largest absolute Gasteiger partial charge is 0.508 e. The first kappa shape index (κ1) is 44.3. The van der Waals surface area contributed by atoms with Crippen molar-refractivity contribution in [2.24, 2.45) is 0 Å². The fourth-order valence-electron chi connectivity index (χ4n) is 5.79. The maximum Gasteiger partial charge on any atom is 0.339 e. The van der Waals surface area contributed by atoms with Crippen LogP contribution in [0.25, 0.3) is 6.08 Å². The van der Waals surface area contributed by atoms with Crippen LogP contribution in [0.4, 0.5) is 22.7 Å². The van der Waals surface area contributed by atoms with Crippen LogP contribution >= 0.6 is 0 Å². The number of nitrogens with zero attached hydrogens (tertiary/aromatic N) is 1. The minimum Gasteiger partial charge on any atom is -0.508 e. The minimum atomic E-state index is -1.43. The van der Waals surface area contributed by atoms with Gasteiger partial charge >= 0.3 is 5.97 Å². The van der Waals surface area contributed by atoms with Crippen LogP contribution in [-0.2, 0) is 9.59 Å². The summed E-state index contributed by atoms with van der Waals surface area (Å²) < 4.78 is 10.3. The summed E-state index contributed by atoms with van der Waals surface area (Å²) in [5.41, 5.74) is 1.11. The SMILES string of the molecule is COc1c(NC(=O)c2ccc(NC(=O)c3ccc(NC(=O)[C@H](CC#N)NC(=O)c4ccc(NC(=O)/C(C)=C/c5ccc(O)cc5)cc4)cc3)c(OC)c2O)ccc(C(=O)O)c1O. The average molecular weight is 843 g/mol. The first-order valence-electron chi connectivity index (χ1n) is 18.3. The number of aromatic hydroxyl groups is 3. The molecule has 0 saturated carbocycles. The van der Waals surface area contributed by atoms with E-state index < -0.39 is 52.7 Å². The van der Waals surface area contributed by atoms with Crippen molar-refractivity contribution in [2.45, 2.75) is 19.4 Å². The lowest BCUT2D eigenvalue weighted by molar-refractivity contribution is -0.118. The van der Waals surface area contributed by atoms with Crippen LogP contribution in [-0.4, -0.2) is 76.2 Å². The molecule has 0 aliphatic carbocycles. The first-order valence-corrected chi connectivity index (χ1v) is 18.3.